The third kappa shape index (κ3) is 156. The van der Waals surface area contributed by atoms with E-state index in [1.54, 1.807) is 0 Å². The Morgan fingerprint density at radius 2 is 0.111 bits per heavy atom. The molecule has 0 aromatic rings. The van der Waals surface area contributed by atoms with E-state index >= 15 is 0 Å². The van der Waals surface area contributed by atoms with Gasteiger partial charge in [-0.05, 0) is 0 Å². The molecule has 0 heterocycles. The molecule has 0 N–H and O–H groups in total. The molecule has 0 radical (unpaired) electrons. The number of hydrogen-bond donors (Lipinski definition) is 0. The van der Waals surface area contributed by atoms with Crippen LogP contribution in [0.5, 0.6) is 0 Å². The minimum absolute atomic E-state index is 0. The van der Waals surface area contributed by atoms with Gasteiger partial charge in [0.1, 0.15) is 0 Å². The summed E-state index contributed by atoms with van der Waals surface area (Å²) in [5.74, 6) is 0. The van der Waals surface area contributed by atoms with Crippen molar-refractivity contribution in [2.24, 2.45) is 0 Å². The molecule has 0 aromatic carbocycles. The quantitative estimate of drug-likeness (QED) is 0.316. The summed E-state index contributed by atoms with van der Waals surface area (Å²) in [5.41, 5.74) is 0. The van der Waals surface area contributed by atoms with Gasteiger partial charge in [0, 0.05) is 0 Å². The molecule has 0 amide bonds. The first-order valence-corrected chi connectivity index (χ1v) is 0. The Hall–Kier alpha value is 10.5. The molecule has 0 saturated carbocycles. The summed E-state index contributed by atoms with van der Waals surface area (Å²) < 4.78 is 0. The second-order valence-electron chi connectivity index (χ2n) is 0. The monoisotopic (exact) mass is 170 g/mol. The molecule has 18 heavy (non-hydrogen) atoms. The van der Waals surface area contributed by atoms with Gasteiger partial charge in [-0.3, -0.25) is 0 Å². The third-order valence-electron chi connectivity index (χ3n) is 0. The first-order chi connectivity index (χ1) is 0. The minimum atomic E-state index is 0. The molecule has 0 aliphatic rings. The molecular formula is H19Li17S. The van der Waals surface area contributed by atoms with E-state index in [0.717, 1.165) is 0 Å². The van der Waals surface area contributed by atoms with Crippen molar-refractivity contribution in [2.45, 2.75) is 0 Å². The van der Waals surface area contributed by atoms with Crippen LogP contribution in [0.2, 0.25) is 0 Å². The molecule has 0 fully saturated rings. The van der Waals surface area contributed by atoms with Gasteiger partial charge in [-0.2, -0.15) is 13.5 Å². The van der Waals surface area contributed by atoms with Crippen LogP contribution in [0.1, 0.15) is 0 Å². The SMILES string of the molecule is S.[LiH].[LiH].[LiH].[LiH].[LiH].[LiH].[LiH].[LiH].[LiH].[LiH].[LiH].[LiH].[LiH].[LiH].[LiH].[LiH].[LiH]. The van der Waals surface area contributed by atoms with Crippen molar-refractivity contribution in [1.82, 2.24) is 0 Å². The summed E-state index contributed by atoms with van der Waals surface area (Å²) in [5, 5.41) is 0. The van der Waals surface area contributed by atoms with Gasteiger partial charge in [0.2, 0.25) is 0 Å². The molecule has 0 spiro atoms. The van der Waals surface area contributed by atoms with Crippen molar-refractivity contribution < 1.29 is 0 Å². The second kappa shape index (κ2) is 175. The standard InChI is InChI=1S/17Li.H2S.17H/h;;;;;;;;;;;;;;;;;1H2;;;;;;;;;;;;;;;;;. The molecule has 0 aliphatic heterocycles. The molecule has 0 aromatic heterocycles. The van der Waals surface area contributed by atoms with Crippen LogP contribution in [0.15, 0.2) is 0 Å². The Balaban J connectivity index is 0. The summed E-state index contributed by atoms with van der Waals surface area (Å²) in [6.45, 7) is 0. The first kappa shape index (κ1) is 195. The maximum absolute atomic E-state index is 0. The van der Waals surface area contributed by atoms with Gasteiger partial charge in [0.05, 0.1) is 0 Å². The number of rotatable bonds is 0. The molecule has 18 heteroatoms. The number of hydrogen-bond acceptors (Lipinski definition) is 0. The van der Waals surface area contributed by atoms with E-state index in [2.05, 4.69) is 0 Å². The van der Waals surface area contributed by atoms with Crippen LogP contribution in [-0.4, -0.2) is 321 Å². The van der Waals surface area contributed by atoms with Crippen molar-refractivity contribution in [1.29, 1.82) is 0 Å². The van der Waals surface area contributed by atoms with Crippen LogP contribution in [0, 0.1) is 0 Å². The summed E-state index contributed by atoms with van der Waals surface area (Å²) in [6.07, 6.45) is 0. The van der Waals surface area contributed by atoms with Gasteiger partial charge in [-0.15, -0.1) is 0 Å². The molecule has 0 bridgehead atoms. The molecule has 0 aliphatic carbocycles. The van der Waals surface area contributed by atoms with Gasteiger partial charge in [0.15, 0.2) is 0 Å². The predicted molar refractivity (Wildman–Crippen MR) is 132 cm³/mol. The van der Waals surface area contributed by atoms with E-state index in [-0.39, 0.29) is 334 Å². The average molecular weight is 169 g/mol. The van der Waals surface area contributed by atoms with Crippen LogP contribution < -0.4 is 0 Å². The Kier molecular flexibility index (Phi) is 1900. The van der Waals surface area contributed by atoms with Gasteiger partial charge >= 0.3 is 321 Å². The van der Waals surface area contributed by atoms with E-state index < -0.39 is 0 Å². The molecule has 0 saturated heterocycles. The van der Waals surface area contributed by atoms with Crippen molar-refractivity contribution in [3.63, 3.8) is 0 Å². The summed E-state index contributed by atoms with van der Waals surface area (Å²) in [6, 6.07) is 0. The van der Waals surface area contributed by atoms with Crippen LogP contribution >= 0.6 is 13.5 Å². The summed E-state index contributed by atoms with van der Waals surface area (Å²) in [4.78, 5) is 0. The van der Waals surface area contributed by atoms with Crippen molar-refractivity contribution in [3.8, 4) is 0 Å². The maximum atomic E-state index is 0. The molecule has 0 rings (SSSR count). The Bertz CT molecular complexity index is 5.57. The molecule has 0 atom stereocenters. The third-order valence-corrected chi connectivity index (χ3v) is 0. The Labute approximate surface area is 326 Å². The van der Waals surface area contributed by atoms with Crippen LogP contribution in [0.4, 0.5) is 0 Å². The molecule has 0 unspecified atom stereocenters. The molecule has 0 nitrogen and oxygen atoms in total. The van der Waals surface area contributed by atoms with Crippen LogP contribution in [-0.2, 0) is 0 Å². The van der Waals surface area contributed by atoms with E-state index in [1.807, 2.05) is 0 Å². The Morgan fingerprint density at radius 3 is 0.111 bits per heavy atom. The zero-order valence-electron chi connectivity index (χ0n) is 0.500. The summed E-state index contributed by atoms with van der Waals surface area (Å²) in [7, 11) is 0. The zero-order valence-corrected chi connectivity index (χ0v) is 1.50. The zero-order chi connectivity index (χ0) is 0. The molecule has 42 valence electrons. The fraction of sp³-hybridized carbons (Fsp3) is 0. The van der Waals surface area contributed by atoms with Gasteiger partial charge in [-0.1, -0.05) is 0 Å². The van der Waals surface area contributed by atoms with Gasteiger partial charge in [-0.25, -0.2) is 0 Å². The average Bonchev–Trinajstić information content (AvgIpc) is 0. The van der Waals surface area contributed by atoms with Gasteiger partial charge < -0.3 is 0 Å². The van der Waals surface area contributed by atoms with Crippen molar-refractivity contribution in [3.05, 3.63) is 0 Å². The normalized spacial score (nSPS) is 0. The molecular weight excluding hydrogens is 150 g/mol. The topological polar surface area (TPSA) is 0 Å². The van der Waals surface area contributed by atoms with E-state index in [0.29, 0.717) is 0 Å². The predicted octanol–water partition coefficient (Wildman–Crippen LogP) is -10.9. The van der Waals surface area contributed by atoms with Crippen molar-refractivity contribution >= 4 is 334 Å². The van der Waals surface area contributed by atoms with E-state index in [4.69, 9.17) is 0 Å². The van der Waals surface area contributed by atoms with Gasteiger partial charge in [0.25, 0.3) is 0 Å². The van der Waals surface area contributed by atoms with Crippen LogP contribution in [0.25, 0.3) is 0 Å². The summed E-state index contributed by atoms with van der Waals surface area (Å²) >= 11 is 0. The van der Waals surface area contributed by atoms with Crippen LogP contribution in [0.3, 0.4) is 0 Å². The van der Waals surface area contributed by atoms with Crippen molar-refractivity contribution in [2.75, 3.05) is 0 Å². The Morgan fingerprint density at radius 1 is 0.111 bits per heavy atom. The fourth-order valence-corrected chi connectivity index (χ4v) is 0. The van der Waals surface area contributed by atoms with E-state index in [9.17, 15) is 0 Å². The second-order valence-corrected chi connectivity index (χ2v) is 0. The first-order valence-electron chi connectivity index (χ1n) is 0. The van der Waals surface area contributed by atoms with E-state index in [1.165, 1.54) is 0 Å². The fourth-order valence-electron chi connectivity index (χ4n) is 0.